The van der Waals surface area contributed by atoms with Gasteiger partial charge in [0.05, 0.1) is 6.10 Å². The lowest BCUT2D eigenvalue weighted by Crippen LogP contribution is -2.53. The lowest BCUT2D eigenvalue weighted by atomic mass is 9.99. The molecule has 0 unspecified atom stereocenters. The number of nitrogens with one attached hydrogen (secondary N) is 1. The van der Waals surface area contributed by atoms with E-state index in [1.54, 1.807) is 4.90 Å². The SMILES string of the molecule is O=C(c1ccc2c(c1)CCCN2)N1CC(O)C1. The van der Waals surface area contributed by atoms with Gasteiger partial charge in [-0.2, -0.15) is 0 Å². The predicted octanol–water partition coefficient (Wildman–Crippen LogP) is 0.861. The van der Waals surface area contributed by atoms with Gasteiger partial charge in [0.15, 0.2) is 0 Å². The molecule has 0 aromatic heterocycles. The Morgan fingerprint density at radius 3 is 3.00 bits per heavy atom. The number of aliphatic hydroxyl groups is 1. The molecule has 4 heteroatoms. The van der Waals surface area contributed by atoms with Crippen molar-refractivity contribution in [2.24, 2.45) is 0 Å². The summed E-state index contributed by atoms with van der Waals surface area (Å²) >= 11 is 0. The number of carbonyl (C=O) groups is 1. The standard InChI is InChI=1S/C13H16N2O2/c16-11-7-15(8-11)13(17)10-3-4-12-9(6-10)2-1-5-14-12/h3-4,6,11,14,16H,1-2,5,7-8H2. The normalized spacial score (nSPS) is 19.2. The fourth-order valence-electron chi connectivity index (χ4n) is 2.41. The minimum atomic E-state index is -0.335. The van der Waals surface area contributed by atoms with Crippen LogP contribution < -0.4 is 5.32 Å². The van der Waals surface area contributed by atoms with Gasteiger partial charge in [-0.25, -0.2) is 0 Å². The maximum absolute atomic E-state index is 12.1. The van der Waals surface area contributed by atoms with E-state index in [4.69, 9.17) is 0 Å². The van der Waals surface area contributed by atoms with Crippen LogP contribution >= 0.6 is 0 Å². The molecule has 90 valence electrons. The van der Waals surface area contributed by atoms with E-state index in [9.17, 15) is 9.90 Å². The first kappa shape index (κ1) is 10.6. The summed E-state index contributed by atoms with van der Waals surface area (Å²) in [7, 11) is 0. The fourth-order valence-corrected chi connectivity index (χ4v) is 2.41. The van der Waals surface area contributed by atoms with Gasteiger partial charge < -0.3 is 15.3 Å². The Labute approximate surface area is 100 Å². The molecule has 17 heavy (non-hydrogen) atoms. The molecular weight excluding hydrogens is 216 g/mol. The van der Waals surface area contributed by atoms with Crippen LogP contribution in [0, 0.1) is 0 Å². The minimum Gasteiger partial charge on any atom is -0.389 e. The highest BCUT2D eigenvalue weighted by Crippen LogP contribution is 2.24. The highest BCUT2D eigenvalue weighted by atomic mass is 16.3. The van der Waals surface area contributed by atoms with Crippen molar-refractivity contribution in [1.82, 2.24) is 4.90 Å². The van der Waals surface area contributed by atoms with Crippen LogP contribution in [0.3, 0.4) is 0 Å². The molecular formula is C13H16N2O2. The third-order valence-corrected chi connectivity index (χ3v) is 3.44. The number of hydrogen-bond acceptors (Lipinski definition) is 3. The molecule has 4 nitrogen and oxygen atoms in total. The van der Waals surface area contributed by atoms with Crippen LogP contribution in [-0.4, -0.2) is 41.7 Å². The predicted molar refractivity (Wildman–Crippen MR) is 65.2 cm³/mol. The van der Waals surface area contributed by atoms with Crippen LogP contribution in [0.2, 0.25) is 0 Å². The van der Waals surface area contributed by atoms with Gasteiger partial charge >= 0.3 is 0 Å². The fraction of sp³-hybridized carbons (Fsp3) is 0.462. The summed E-state index contributed by atoms with van der Waals surface area (Å²) < 4.78 is 0. The molecule has 3 rings (SSSR count). The molecule has 2 N–H and O–H groups in total. The molecule has 2 aliphatic heterocycles. The van der Waals surface area contributed by atoms with E-state index in [0.29, 0.717) is 13.1 Å². The molecule has 1 fully saturated rings. The van der Waals surface area contributed by atoms with Crippen LogP contribution in [0.15, 0.2) is 18.2 Å². The number of carbonyl (C=O) groups excluding carboxylic acids is 1. The van der Waals surface area contributed by atoms with Crippen LogP contribution in [0.4, 0.5) is 5.69 Å². The van der Waals surface area contributed by atoms with Gasteiger partial charge in [-0.1, -0.05) is 0 Å². The number of amides is 1. The summed E-state index contributed by atoms with van der Waals surface area (Å²) in [5.41, 5.74) is 3.11. The smallest absolute Gasteiger partial charge is 0.254 e. The average Bonchev–Trinajstić information content (AvgIpc) is 2.33. The van der Waals surface area contributed by atoms with E-state index in [0.717, 1.165) is 30.6 Å². The lowest BCUT2D eigenvalue weighted by molar-refractivity contribution is 0.00589. The molecule has 1 aromatic rings. The number of anilines is 1. The summed E-state index contributed by atoms with van der Waals surface area (Å²) in [4.78, 5) is 13.7. The van der Waals surface area contributed by atoms with Crippen molar-refractivity contribution < 1.29 is 9.90 Å². The van der Waals surface area contributed by atoms with Gasteiger partial charge in [0.25, 0.3) is 5.91 Å². The van der Waals surface area contributed by atoms with Crippen LogP contribution in [0.5, 0.6) is 0 Å². The summed E-state index contributed by atoms with van der Waals surface area (Å²) in [6.07, 6.45) is 1.82. The second-order valence-electron chi connectivity index (χ2n) is 4.77. The number of hydrogen-bond donors (Lipinski definition) is 2. The Balaban J connectivity index is 1.81. The highest BCUT2D eigenvalue weighted by Gasteiger charge is 2.29. The van der Waals surface area contributed by atoms with Crippen molar-refractivity contribution >= 4 is 11.6 Å². The van der Waals surface area contributed by atoms with Crippen molar-refractivity contribution in [3.63, 3.8) is 0 Å². The molecule has 1 amide bonds. The third-order valence-electron chi connectivity index (χ3n) is 3.44. The second-order valence-corrected chi connectivity index (χ2v) is 4.77. The zero-order valence-corrected chi connectivity index (χ0v) is 9.65. The zero-order chi connectivity index (χ0) is 11.8. The zero-order valence-electron chi connectivity index (χ0n) is 9.65. The molecule has 0 saturated carbocycles. The average molecular weight is 232 g/mol. The summed E-state index contributed by atoms with van der Waals surface area (Å²) in [5, 5.41) is 12.5. The van der Waals surface area contributed by atoms with Crippen LogP contribution in [0.1, 0.15) is 22.3 Å². The van der Waals surface area contributed by atoms with Crippen LogP contribution in [0.25, 0.3) is 0 Å². The molecule has 0 bridgehead atoms. The third kappa shape index (κ3) is 1.89. The molecule has 2 aliphatic rings. The largest absolute Gasteiger partial charge is 0.389 e. The molecule has 1 aromatic carbocycles. The lowest BCUT2D eigenvalue weighted by Gasteiger charge is -2.36. The van der Waals surface area contributed by atoms with E-state index in [1.165, 1.54) is 5.56 Å². The van der Waals surface area contributed by atoms with Gasteiger partial charge in [0.2, 0.25) is 0 Å². The number of benzene rings is 1. The van der Waals surface area contributed by atoms with E-state index in [2.05, 4.69) is 5.32 Å². The van der Waals surface area contributed by atoms with Crippen molar-refractivity contribution in [2.75, 3.05) is 25.0 Å². The van der Waals surface area contributed by atoms with Crippen molar-refractivity contribution in [3.8, 4) is 0 Å². The van der Waals surface area contributed by atoms with Gasteiger partial charge in [-0.05, 0) is 36.6 Å². The molecule has 0 aliphatic carbocycles. The Bertz CT molecular complexity index is 453. The number of β-amino-alcohol motifs (C(OH)–C–C–N with tert-alkyl or cyclic N) is 1. The quantitative estimate of drug-likeness (QED) is 0.755. The maximum atomic E-state index is 12.1. The van der Waals surface area contributed by atoms with Crippen molar-refractivity contribution in [1.29, 1.82) is 0 Å². The highest BCUT2D eigenvalue weighted by molar-refractivity contribution is 5.95. The number of nitrogens with zero attached hydrogens (tertiary/aromatic N) is 1. The Hall–Kier alpha value is -1.55. The van der Waals surface area contributed by atoms with E-state index < -0.39 is 0 Å². The first-order chi connectivity index (χ1) is 8.24. The van der Waals surface area contributed by atoms with Crippen molar-refractivity contribution in [3.05, 3.63) is 29.3 Å². The maximum Gasteiger partial charge on any atom is 0.254 e. The summed E-state index contributed by atoms with van der Waals surface area (Å²) in [6.45, 7) is 1.95. The summed E-state index contributed by atoms with van der Waals surface area (Å²) in [6, 6.07) is 5.83. The Morgan fingerprint density at radius 1 is 1.41 bits per heavy atom. The molecule has 1 saturated heterocycles. The Kier molecular flexibility index (Phi) is 2.52. The van der Waals surface area contributed by atoms with Gasteiger partial charge in [-0.3, -0.25) is 4.79 Å². The number of aryl methyl sites for hydroxylation is 1. The number of likely N-dealkylation sites (tertiary alicyclic amines) is 1. The second kappa shape index (κ2) is 4.04. The first-order valence-electron chi connectivity index (χ1n) is 6.08. The van der Waals surface area contributed by atoms with E-state index >= 15 is 0 Å². The molecule has 0 spiro atoms. The topological polar surface area (TPSA) is 52.6 Å². The number of aliphatic hydroxyl groups excluding tert-OH is 1. The first-order valence-corrected chi connectivity index (χ1v) is 6.08. The summed E-state index contributed by atoms with van der Waals surface area (Å²) in [5.74, 6) is 0.0312. The van der Waals surface area contributed by atoms with Crippen molar-refractivity contribution in [2.45, 2.75) is 18.9 Å². The molecule has 2 heterocycles. The number of rotatable bonds is 1. The Morgan fingerprint density at radius 2 is 2.24 bits per heavy atom. The monoisotopic (exact) mass is 232 g/mol. The number of fused-ring (bicyclic) bond motifs is 1. The van der Waals surface area contributed by atoms with Gasteiger partial charge in [0.1, 0.15) is 0 Å². The van der Waals surface area contributed by atoms with Gasteiger partial charge in [-0.15, -0.1) is 0 Å². The van der Waals surface area contributed by atoms with Crippen LogP contribution in [-0.2, 0) is 6.42 Å². The molecule has 0 radical (unpaired) electrons. The van der Waals surface area contributed by atoms with E-state index in [-0.39, 0.29) is 12.0 Å². The van der Waals surface area contributed by atoms with E-state index in [1.807, 2.05) is 18.2 Å². The van der Waals surface area contributed by atoms with Gasteiger partial charge in [0, 0.05) is 30.9 Å². The minimum absolute atomic E-state index is 0.0312. The molecule has 0 atom stereocenters.